The van der Waals surface area contributed by atoms with Crippen molar-refractivity contribution in [3.8, 4) is 0 Å². The maximum Gasteiger partial charge on any atom is 0.0585 e. The van der Waals surface area contributed by atoms with Crippen molar-refractivity contribution in [1.29, 1.82) is 0 Å². The number of piperazine rings is 1. The summed E-state index contributed by atoms with van der Waals surface area (Å²) < 4.78 is 0. The van der Waals surface area contributed by atoms with Gasteiger partial charge in [-0.25, -0.2) is 0 Å². The Bertz CT molecular complexity index is 364. The Morgan fingerprint density at radius 2 is 2.35 bits per heavy atom. The van der Waals surface area contributed by atoms with Crippen molar-refractivity contribution in [2.45, 2.75) is 45.7 Å². The standard InChI is InChI=1S/C14H23N3/c1-4-5-13-10-17(12(3)8-16-13)14-9-15-7-6-11(14)2/h6-7,9,12-13,16H,4-5,8,10H2,1-3H3. The summed E-state index contributed by atoms with van der Waals surface area (Å²) in [5.41, 5.74) is 2.62. The maximum atomic E-state index is 4.26. The van der Waals surface area contributed by atoms with E-state index in [-0.39, 0.29) is 0 Å². The highest BCUT2D eigenvalue weighted by atomic mass is 15.2. The summed E-state index contributed by atoms with van der Waals surface area (Å²) in [5.74, 6) is 0. The fourth-order valence-corrected chi connectivity index (χ4v) is 2.56. The molecule has 0 spiro atoms. The molecule has 3 heteroatoms. The predicted molar refractivity (Wildman–Crippen MR) is 72.5 cm³/mol. The molecule has 1 fully saturated rings. The lowest BCUT2D eigenvalue weighted by Gasteiger charge is -2.41. The van der Waals surface area contributed by atoms with Crippen molar-refractivity contribution >= 4 is 5.69 Å². The lowest BCUT2D eigenvalue weighted by atomic mass is 10.0. The highest BCUT2D eigenvalue weighted by Crippen LogP contribution is 2.23. The van der Waals surface area contributed by atoms with Crippen molar-refractivity contribution in [2.75, 3.05) is 18.0 Å². The smallest absolute Gasteiger partial charge is 0.0585 e. The molecule has 1 saturated heterocycles. The Morgan fingerprint density at radius 3 is 3.06 bits per heavy atom. The number of nitrogens with one attached hydrogen (secondary N) is 1. The van der Waals surface area contributed by atoms with Crippen LogP contribution in [0.1, 0.15) is 32.3 Å². The largest absolute Gasteiger partial charge is 0.365 e. The summed E-state index contributed by atoms with van der Waals surface area (Å²) in [6.07, 6.45) is 6.36. The summed E-state index contributed by atoms with van der Waals surface area (Å²) in [7, 11) is 0. The molecule has 3 nitrogen and oxygen atoms in total. The van der Waals surface area contributed by atoms with E-state index in [4.69, 9.17) is 0 Å². The van der Waals surface area contributed by atoms with Crippen LogP contribution in [-0.4, -0.2) is 30.2 Å². The van der Waals surface area contributed by atoms with Crippen molar-refractivity contribution in [2.24, 2.45) is 0 Å². The van der Waals surface area contributed by atoms with Gasteiger partial charge in [0, 0.05) is 31.4 Å². The van der Waals surface area contributed by atoms with Crippen molar-refractivity contribution < 1.29 is 0 Å². The second-order valence-corrected chi connectivity index (χ2v) is 5.06. The van der Waals surface area contributed by atoms with Crippen LogP contribution in [0.25, 0.3) is 0 Å². The number of anilines is 1. The van der Waals surface area contributed by atoms with Gasteiger partial charge >= 0.3 is 0 Å². The van der Waals surface area contributed by atoms with Gasteiger partial charge in [0.1, 0.15) is 0 Å². The fourth-order valence-electron chi connectivity index (χ4n) is 2.56. The first-order valence-corrected chi connectivity index (χ1v) is 6.63. The zero-order chi connectivity index (χ0) is 12.3. The van der Waals surface area contributed by atoms with Crippen LogP contribution >= 0.6 is 0 Å². The number of hydrogen-bond donors (Lipinski definition) is 1. The molecule has 0 radical (unpaired) electrons. The van der Waals surface area contributed by atoms with Gasteiger partial charge in [-0.2, -0.15) is 0 Å². The number of aryl methyl sites for hydroxylation is 1. The molecule has 1 aromatic heterocycles. The summed E-state index contributed by atoms with van der Waals surface area (Å²) in [6, 6.07) is 3.26. The zero-order valence-electron chi connectivity index (χ0n) is 11.1. The molecule has 2 heterocycles. The maximum absolute atomic E-state index is 4.26. The first-order valence-electron chi connectivity index (χ1n) is 6.63. The van der Waals surface area contributed by atoms with Crippen LogP contribution in [0.3, 0.4) is 0 Å². The molecular formula is C14H23N3. The van der Waals surface area contributed by atoms with Crippen LogP contribution in [0.4, 0.5) is 5.69 Å². The van der Waals surface area contributed by atoms with Gasteiger partial charge in [0.2, 0.25) is 0 Å². The highest BCUT2D eigenvalue weighted by Gasteiger charge is 2.25. The van der Waals surface area contributed by atoms with Crippen molar-refractivity contribution in [3.05, 3.63) is 24.0 Å². The lowest BCUT2D eigenvalue weighted by Crippen LogP contribution is -2.55. The topological polar surface area (TPSA) is 28.2 Å². The Labute approximate surface area is 104 Å². The van der Waals surface area contributed by atoms with Gasteiger partial charge in [-0.1, -0.05) is 13.3 Å². The van der Waals surface area contributed by atoms with E-state index in [1.807, 2.05) is 12.4 Å². The summed E-state index contributed by atoms with van der Waals surface area (Å²) in [4.78, 5) is 6.76. The quantitative estimate of drug-likeness (QED) is 0.868. The number of rotatable bonds is 3. The number of nitrogens with zero attached hydrogens (tertiary/aromatic N) is 2. The molecule has 2 rings (SSSR count). The van der Waals surface area contributed by atoms with Gasteiger partial charge in [0.15, 0.2) is 0 Å². The minimum Gasteiger partial charge on any atom is -0.365 e. The lowest BCUT2D eigenvalue weighted by molar-refractivity contribution is 0.386. The van der Waals surface area contributed by atoms with E-state index in [2.05, 4.69) is 42.0 Å². The van der Waals surface area contributed by atoms with Crippen LogP contribution in [0, 0.1) is 6.92 Å². The molecule has 1 aliphatic rings. The van der Waals surface area contributed by atoms with Crippen LogP contribution in [0.2, 0.25) is 0 Å². The fraction of sp³-hybridized carbons (Fsp3) is 0.643. The van der Waals surface area contributed by atoms with Gasteiger partial charge in [0.05, 0.1) is 11.9 Å². The second-order valence-electron chi connectivity index (χ2n) is 5.06. The average Bonchev–Trinajstić information content (AvgIpc) is 2.33. The SMILES string of the molecule is CCCC1CN(c2cnccc2C)C(C)CN1. The zero-order valence-corrected chi connectivity index (χ0v) is 11.1. The minimum absolute atomic E-state index is 0.547. The summed E-state index contributed by atoms with van der Waals surface area (Å²) in [6.45, 7) is 8.86. The molecule has 2 unspecified atom stereocenters. The Balaban J connectivity index is 2.15. The summed E-state index contributed by atoms with van der Waals surface area (Å²) in [5, 5.41) is 3.63. The van der Waals surface area contributed by atoms with Crippen molar-refractivity contribution in [3.63, 3.8) is 0 Å². The van der Waals surface area contributed by atoms with E-state index < -0.39 is 0 Å². The second kappa shape index (κ2) is 5.50. The van der Waals surface area contributed by atoms with Gasteiger partial charge in [-0.05, 0) is 31.9 Å². The van der Waals surface area contributed by atoms with Gasteiger partial charge in [-0.3, -0.25) is 4.98 Å². The molecular weight excluding hydrogens is 210 g/mol. The van der Waals surface area contributed by atoms with E-state index in [1.54, 1.807) is 0 Å². The number of aromatic nitrogens is 1. The highest BCUT2D eigenvalue weighted by molar-refractivity contribution is 5.52. The molecule has 0 saturated carbocycles. The number of hydrogen-bond acceptors (Lipinski definition) is 3. The molecule has 94 valence electrons. The monoisotopic (exact) mass is 233 g/mol. The average molecular weight is 233 g/mol. The first kappa shape index (κ1) is 12.4. The third-order valence-corrected chi connectivity index (χ3v) is 3.61. The van der Waals surface area contributed by atoms with Crippen LogP contribution in [-0.2, 0) is 0 Å². The summed E-state index contributed by atoms with van der Waals surface area (Å²) >= 11 is 0. The van der Waals surface area contributed by atoms with E-state index in [9.17, 15) is 0 Å². The van der Waals surface area contributed by atoms with Crippen LogP contribution in [0.15, 0.2) is 18.5 Å². The molecule has 1 aromatic rings. The number of pyridine rings is 1. The third kappa shape index (κ3) is 2.78. The molecule has 1 aliphatic heterocycles. The van der Waals surface area contributed by atoms with E-state index in [0.717, 1.165) is 13.1 Å². The molecule has 0 bridgehead atoms. The molecule has 17 heavy (non-hydrogen) atoms. The Morgan fingerprint density at radius 1 is 1.53 bits per heavy atom. The van der Waals surface area contributed by atoms with E-state index in [0.29, 0.717) is 12.1 Å². The van der Waals surface area contributed by atoms with Crippen LogP contribution < -0.4 is 10.2 Å². The molecule has 0 aliphatic carbocycles. The van der Waals surface area contributed by atoms with Gasteiger partial charge < -0.3 is 10.2 Å². The van der Waals surface area contributed by atoms with Crippen LogP contribution in [0.5, 0.6) is 0 Å². The Hall–Kier alpha value is -1.09. The third-order valence-electron chi connectivity index (χ3n) is 3.61. The van der Waals surface area contributed by atoms with E-state index in [1.165, 1.54) is 24.1 Å². The molecule has 2 atom stereocenters. The molecule has 0 aromatic carbocycles. The predicted octanol–water partition coefficient (Wildman–Crippen LogP) is 2.36. The minimum atomic E-state index is 0.547. The van der Waals surface area contributed by atoms with Crippen molar-refractivity contribution in [1.82, 2.24) is 10.3 Å². The first-order chi connectivity index (χ1) is 8.22. The molecule has 0 amide bonds. The van der Waals surface area contributed by atoms with Gasteiger partial charge in [-0.15, -0.1) is 0 Å². The molecule has 1 N–H and O–H groups in total. The van der Waals surface area contributed by atoms with Gasteiger partial charge in [0.25, 0.3) is 0 Å². The normalized spacial score (nSPS) is 25.0. The van der Waals surface area contributed by atoms with E-state index >= 15 is 0 Å². The Kier molecular flexibility index (Phi) is 4.00.